The molecule has 1 aliphatic carbocycles. The van der Waals surface area contributed by atoms with Crippen molar-refractivity contribution in [1.82, 2.24) is 0 Å². The molecule has 0 amide bonds. The fraction of sp³-hybridized carbons (Fsp3) is 0.882. The van der Waals surface area contributed by atoms with Gasteiger partial charge in [0.2, 0.25) is 0 Å². The summed E-state index contributed by atoms with van der Waals surface area (Å²) in [5, 5.41) is 0.755. The highest BCUT2D eigenvalue weighted by molar-refractivity contribution is 6.73. The van der Waals surface area contributed by atoms with Crippen LogP contribution in [0.15, 0.2) is 0 Å². The van der Waals surface area contributed by atoms with Crippen molar-refractivity contribution in [2.45, 2.75) is 90.1 Å². The molecule has 0 N–H and O–H groups in total. The third-order valence-corrected chi connectivity index (χ3v) is 7.26. The lowest BCUT2D eigenvalue weighted by Gasteiger charge is -2.34. The first-order chi connectivity index (χ1) is 8.21. The highest BCUT2D eigenvalue weighted by Gasteiger charge is 2.36. The fourth-order valence-corrected chi connectivity index (χ4v) is 6.45. The van der Waals surface area contributed by atoms with Crippen LogP contribution in [0.2, 0.25) is 10.1 Å². The summed E-state index contributed by atoms with van der Waals surface area (Å²) >= 11 is 0. The molecule has 1 saturated carbocycles. The predicted octanol–water partition coefficient (Wildman–Crippen LogP) is 5.59. The SMILES string of the molecule is CC(C)(C)[Si](C#CCC1CCCCC1)C(C)(C)C. The molecule has 1 fully saturated rings. The zero-order valence-corrected chi connectivity index (χ0v) is 14.3. The van der Waals surface area contributed by atoms with E-state index in [1.165, 1.54) is 32.1 Å². The zero-order valence-electron chi connectivity index (χ0n) is 13.3. The Bertz CT molecular complexity index is 285. The summed E-state index contributed by atoms with van der Waals surface area (Å²) in [4.78, 5) is 0. The van der Waals surface area contributed by atoms with E-state index < -0.39 is 8.80 Å². The molecule has 1 radical (unpaired) electrons. The molecule has 1 heteroatoms. The van der Waals surface area contributed by atoms with E-state index in [1.54, 1.807) is 0 Å². The van der Waals surface area contributed by atoms with Crippen molar-refractivity contribution in [1.29, 1.82) is 0 Å². The Hall–Kier alpha value is -0.223. The molecule has 0 aromatic rings. The summed E-state index contributed by atoms with van der Waals surface area (Å²) in [5.74, 6) is 4.46. The molecular formula is C17H31Si. The lowest BCUT2D eigenvalue weighted by molar-refractivity contribution is 0.365. The van der Waals surface area contributed by atoms with Crippen molar-refractivity contribution in [3.63, 3.8) is 0 Å². The van der Waals surface area contributed by atoms with E-state index in [-0.39, 0.29) is 0 Å². The second kappa shape index (κ2) is 6.28. The number of hydrogen-bond acceptors (Lipinski definition) is 0. The Balaban J connectivity index is 2.61. The van der Waals surface area contributed by atoms with Crippen molar-refractivity contribution >= 4 is 8.80 Å². The molecule has 18 heavy (non-hydrogen) atoms. The highest BCUT2D eigenvalue weighted by Crippen LogP contribution is 2.41. The van der Waals surface area contributed by atoms with Crippen LogP contribution in [0.25, 0.3) is 0 Å². The van der Waals surface area contributed by atoms with Crippen LogP contribution >= 0.6 is 0 Å². The first kappa shape index (κ1) is 15.8. The maximum absolute atomic E-state index is 3.70. The quantitative estimate of drug-likeness (QED) is 0.427. The van der Waals surface area contributed by atoms with E-state index >= 15 is 0 Å². The molecule has 1 rings (SSSR count). The Morgan fingerprint density at radius 2 is 1.39 bits per heavy atom. The standard InChI is InChI=1S/C17H31Si/c1-16(2,3)18(17(4,5)6)14-10-13-15-11-8-7-9-12-15/h15H,7-9,11-13H2,1-6H3. The molecule has 0 heterocycles. The molecular weight excluding hydrogens is 232 g/mol. The average molecular weight is 264 g/mol. The Kier molecular flexibility index (Phi) is 5.53. The van der Waals surface area contributed by atoms with Crippen molar-refractivity contribution in [3.05, 3.63) is 0 Å². The van der Waals surface area contributed by atoms with Gasteiger partial charge in [0.1, 0.15) is 0 Å². The lowest BCUT2D eigenvalue weighted by atomic mass is 9.87. The van der Waals surface area contributed by atoms with E-state index in [1.807, 2.05) is 0 Å². The molecule has 0 aromatic carbocycles. The van der Waals surface area contributed by atoms with Gasteiger partial charge in [0, 0.05) is 6.42 Å². The topological polar surface area (TPSA) is 0 Å². The van der Waals surface area contributed by atoms with E-state index in [0.717, 1.165) is 12.3 Å². The smallest absolute Gasteiger partial charge is 0.132 e. The fourth-order valence-electron chi connectivity index (χ4n) is 3.18. The van der Waals surface area contributed by atoms with Gasteiger partial charge >= 0.3 is 0 Å². The summed E-state index contributed by atoms with van der Waals surface area (Å²) in [6, 6.07) is 0. The Labute approximate surface area is 117 Å². The third kappa shape index (κ3) is 5.18. The van der Waals surface area contributed by atoms with Gasteiger partial charge in [0.05, 0.1) is 0 Å². The highest BCUT2D eigenvalue weighted by atomic mass is 28.3. The molecule has 0 atom stereocenters. The van der Waals surface area contributed by atoms with Crippen molar-refractivity contribution in [2.24, 2.45) is 5.92 Å². The maximum Gasteiger partial charge on any atom is 0.155 e. The summed E-state index contributed by atoms with van der Waals surface area (Å²) in [6.07, 6.45) is 8.30. The second-order valence-corrected chi connectivity index (χ2v) is 11.9. The van der Waals surface area contributed by atoms with Crippen LogP contribution in [0.5, 0.6) is 0 Å². The zero-order chi connectivity index (χ0) is 13.8. The van der Waals surface area contributed by atoms with E-state index in [9.17, 15) is 0 Å². The van der Waals surface area contributed by atoms with Gasteiger partial charge in [-0.2, -0.15) is 0 Å². The van der Waals surface area contributed by atoms with Gasteiger partial charge in [0.25, 0.3) is 0 Å². The minimum Gasteiger partial charge on any atom is -0.132 e. The molecule has 0 unspecified atom stereocenters. The van der Waals surface area contributed by atoms with Crippen molar-refractivity contribution < 1.29 is 0 Å². The summed E-state index contributed by atoms with van der Waals surface area (Å²) in [6.45, 7) is 14.2. The summed E-state index contributed by atoms with van der Waals surface area (Å²) < 4.78 is 0. The lowest BCUT2D eigenvalue weighted by Crippen LogP contribution is -2.33. The van der Waals surface area contributed by atoms with Gasteiger partial charge in [-0.1, -0.05) is 60.8 Å². The molecule has 1 aliphatic rings. The van der Waals surface area contributed by atoms with Crippen LogP contribution in [0.3, 0.4) is 0 Å². The average Bonchev–Trinajstić information content (AvgIpc) is 2.22. The molecule has 0 saturated heterocycles. The van der Waals surface area contributed by atoms with E-state index in [2.05, 4.69) is 53.0 Å². The van der Waals surface area contributed by atoms with Crippen LogP contribution in [0.1, 0.15) is 80.1 Å². The van der Waals surface area contributed by atoms with Crippen LogP contribution in [0.4, 0.5) is 0 Å². The molecule has 0 nitrogen and oxygen atoms in total. The minimum atomic E-state index is -0.637. The Morgan fingerprint density at radius 1 is 0.889 bits per heavy atom. The third-order valence-electron chi connectivity index (χ3n) is 3.83. The van der Waals surface area contributed by atoms with Gasteiger partial charge in [-0.3, -0.25) is 0 Å². The molecule has 0 spiro atoms. The minimum absolute atomic E-state index is 0.377. The van der Waals surface area contributed by atoms with Gasteiger partial charge < -0.3 is 0 Å². The van der Waals surface area contributed by atoms with E-state index in [0.29, 0.717) is 10.1 Å². The first-order valence-electron chi connectivity index (χ1n) is 7.58. The summed E-state index contributed by atoms with van der Waals surface area (Å²) in [5.41, 5.74) is 3.70. The number of hydrogen-bond donors (Lipinski definition) is 0. The molecule has 0 aliphatic heterocycles. The first-order valence-corrected chi connectivity index (χ1v) is 9.08. The monoisotopic (exact) mass is 263 g/mol. The van der Waals surface area contributed by atoms with Crippen LogP contribution in [0, 0.1) is 17.4 Å². The van der Waals surface area contributed by atoms with Gasteiger partial charge in [0.15, 0.2) is 8.80 Å². The normalized spacial score (nSPS) is 18.6. The van der Waals surface area contributed by atoms with Crippen molar-refractivity contribution in [2.75, 3.05) is 0 Å². The molecule has 103 valence electrons. The van der Waals surface area contributed by atoms with Crippen LogP contribution in [-0.4, -0.2) is 8.80 Å². The Morgan fingerprint density at radius 3 is 1.83 bits per heavy atom. The summed E-state index contributed by atoms with van der Waals surface area (Å²) in [7, 11) is -0.637. The predicted molar refractivity (Wildman–Crippen MR) is 84.2 cm³/mol. The van der Waals surface area contributed by atoms with Gasteiger partial charge in [-0.15, -0.1) is 11.5 Å². The van der Waals surface area contributed by atoms with Crippen LogP contribution in [-0.2, 0) is 0 Å². The molecule has 0 aromatic heterocycles. The maximum atomic E-state index is 3.70. The number of rotatable bonds is 1. The van der Waals surface area contributed by atoms with Crippen molar-refractivity contribution in [3.8, 4) is 11.5 Å². The molecule has 0 bridgehead atoms. The largest absolute Gasteiger partial charge is 0.155 e. The van der Waals surface area contributed by atoms with Gasteiger partial charge in [-0.25, -0.2) is 0 Å². The van der Waals surface area contributed by atoms with Crippen LogP contribution < -0.4 is 0 Å². The second-order valence-electron chi connectivity index (χ2n) is 7.88. The van der Waals surface area contributed by atoms with Gasteiger partial charge in [-0.05, 0) is 28.8 Å². The van der Waals surface area contributed by atoms with E-state index in [4.69, 9.17) is 0 Å².